The minimum Gasteiger partial charge on any atom is -0.354 e. The van der Waals surface area contributed by atoms with E-state index < -0.39 is 0 Å². The van der Waals surface area contributed by atoms with Gasteiger partial charge in [0.15, 0.2) is 0 Å². The Morgan fingerprint density at radius 2 is 1.28 bits per heavy atom. The van der Waals surface area contributed by atoms with Gasteiger partial charge in [-0.1, -0.05) is 48.0 Å². The van der Waals surface area contributed by atoms with Gasteiger partial charge >= 0.3 is 6.03 Å². The average Bonchev–Trinajstić information content (AvgIpc) is 2.81. The normalized spacial score (nSPS) is 10.8. The highest BCUT2D eigenvalue weighted by molar-refractivity contribution is 6.31. The summed E-state index contributed by atoms with van der Waals surface area (Å²) in [7, 11) is 0. The summed E-state index contributed by atoms with van der Waals surface area (Å²) in [5.74, 6) is 0. The van der Waals surface area contributed by atoms with Crippen molar-refractivity contribution in [3.63, 3.8) is 0 Å². The van der Waals surface area contributed by atoms with E-state index in [1.165, 1.54) is 0 Å². The Kier molecular flexibility index (Phi) is 5.32. The van der Waals surface area contributed by atoms with Crippen molar-refractivity contribution >= 4 is 62.2 Å². The molecule has 6 heteroatoms. The summed E-state index contributed by atoms with van der Waals surface area (Å²) in [5, 5.41) is 11.8. The Bertz CT molecular complexity index is 1420. The standard InChI is InChI=1S/C26H19ClN4O/c27-17-10-15-24-22(16-17)25(21-8-4-5-9-23(21)31-24)28-19-11-13-20(14-12-19)30-26(32)29-18-6-2-1-3-7-18/h1-16H,(H,28,31)(H2,29,30,32). The quantitative estimate of drug-likeness (QED) is 0.255. The van der Waals surface area contributed by atoms with E-state index in [9.17, 15) is 4.79 Å². The minimum absolute atomic E-state index is 0.294. The number of aromatic nitrogens is 1. The molecule has 0 unspecified atom stereocenters. The van der Waals surface area contributed by atoms with Crippen LogP contribution in [0, 0.1) is 0 Å². The van der Waals surface area contributed by atoms with Gasteiger partial charge in [-0.15, -0.1) is 0 Å². The first kappa shape index (κ1) is 19.8. The smallest absolute Gasteiger partial charge is 0.323 e. The second kappa shape index (κ2) is 8.57. The monoisotopic (exact) mass is 438 g/mol. The molecule has 4 aromatic carbocycles. The number of hydrogen-bond acceptors (Lipinski definition) is 3. The number of nitrogens with zero attached hydrogens (tertiary/aromatic N) is 1. The van der Waals surface area contributed by atoms with Crippen LogP contribution in [0.4, 0.5) is 27.5 Å². The van der Waals surface area contributed by atoms with Crippen molar-refractivity contribution in [2.75, 3.05) is 16.0 Å². The zero-order chi connectivity index (χ0) is 21.9. The maximum atomic E-state index is 12.2. The van der Waals surface area contributed by atoms with Crippen molar-refractivity contribution in [1.82, 2.24) is 4.98 Å². The molecule has 2 amide bonds. The third-order valence-electron chi connectivity index (χ3n) is 5.09. The van der Waals surface area contributed by atoms with Gasteiger partial charge in [0.1, 0.15) is 0 Å². The van der Waals surface area contributed by atoms with Crippen LogP contribution in [0.2, 0.25) is 5.02 Å². The summed E-state index contributed by atoms with van der Waals surface area (Å²) in [4.78, 5) is 17.0. The van der Waals surface area contributed by atoms with E-state index in [2.05, 4.69) is 16.0 Å². The number of carbonyl (C=O) groups is 1. The molecular formula is C26H19ClN4O. The van der Waals surface area contributed by atoms with Crippen LogP contribution >= 0.6 is 11.6 Å². The van der Waals surface area contributed by atoms with Crippen molar-refractivity contribution in [3.8, 4) is 0 Å². The van der Waals surface area contributed by atoms with E-state index in [-0.39, 0.29) is 6.03 Å². The van der Waals surface area contributed by atoms with Gasteiger partial charge in [0.2, 0.25) is 0 Å². The van der Waals surface area contributed by atoms with Crippen LogP contribution in [0.15, 0.2) is 97.1 Å². The number of halogens is 1. The number of pyridine rings is 1. The van der Waals surface area contributed by atoms with Crippen molar-refractivity contribution < 1.29 is 4.79 Å². The van der Waals surface area contributed by atoms with Gasteiger partial charge in [-0.3, -0.25) is 0 Å². The first-order valence-electron chi connectivity index (χ1n) is 10.1. The van der Waals surface area contributed by atoms with E-state index in [4.69, 9.17) is 16.6 Å². The van der Waals surface area contributed by atoms with E-state index in [1.54, 1.807) is 0 Å². The minimum atomic E-state index is -0.294. The maximum Gasteiger partial charge on any atom is 0.323 e. The Balaban J connectivity index is 1.40. The van der Waals surface area contributed by atoms with Crippen LogP contribution in [0.3, 0.4) is 0 Å². The van der Waals surface area contributed by atoms with Gasteiger partial charge in [-0.2, -0.15) is 0 Å². The largest absolute Gasteiger partial charge is 0.354 e. The third-order valence-corrected chi connectivity index (χ3v) is 5.32. The number of nitrogens with one attached hydrogen (secondary N) is 3. The number of rotatable bonds is 4. The molecule has 0 spiro atoms. The lowest BCUT2D eigenvalue weighted by Gasteiger charge is -2.14. The Hall–Kier alpha value is -4.09. The molecule has 1 aromatic heterocycles. The van der Waals surface area contributed by atoms with Gasteiger partial charge in [0.25, 0.3) is 0 Å². The zero-order valence-corrected chi connectivity index (χ0v) is 17.7. The molecule has 0 bridgehead atoms. The van der Waals surface area contributed by atoms with Crippen LogP contribution in [0.1, 0.15) is 0 Å². The predicted octanol–water partition coefficient (Wildman–Crippen LogP) is 7.43. The number of anilines is 4. The van der Waals surface area contributed by atoms with E-state index in [0.29, 0.717) is 10.7 Å². The molecule has 0 aliphatic heterocycles. The van der Waals surface area contributed by atoms with Gasteiger partial charge in [-0.25, -0.2) is 9.78 Å². The van der Waals surface area contributed by atoms with E-state index >= 15 is 0 Å². The van der Waals surface area contributed by atoms with Crippen LogP contribution in [-0.4, -0.2) is 11.0 Å². The van der Waals surface area contributed by atoms with Crippen molar-refractivity contribution in [1.29, 1.82) is 0 Å². The number of amides is 2. The van der Waals surface area contributed by atoms with Crippen LogP contribution in [0.25, 0.3) is 21.8 Å². The fraction of sp³-hybridized carbons (Fsp3) is 0. The molecule has 0 fully saturated rings. The zero-order valence-electron chi connectivity index (χ0n) is 17.0. The van der Waals surface area contributed by atoms with Gasteiger partial charge in [0.05, 0.1) is 16.7 Å². The molecule has 156 valence electrons. The van der Waals surface area contributed by atoms with Crippen LogP contribution in [-0.2, 0) is 0 Å². The highest BCUT2D eigenvalue weighted by atomic mass is 35.5. The number of para-hydroxylation sites is 2. The SMILES string of the molecule is O=C(Nc1ccccc1)Nc1ccc(Nc2c3ccccc3nc3ccc(Cl)cc23)cc1. The Morgan fingerprint density at radius 1 is 0.656 bits per heavy atom. The fourth-order valence-electron chi connectivity index (χ4n) is 3.59. The lowest BCUT2D eigenvalue weighted by molar-refractivity contribution is 0.262. The van der Waals surface area contributed by atoms with Crippen LogP contribution in [0.5, 0.6) is 0 Å². The Labute approximate surface area is 190 Å². The fourth-order valence-corrected chi connectivity index (χ4v) is 3.77. The highest BCUT2D eigenvalue weighted by Crippen LogP contribution is 2.34. The van der Waals surface area contributed by atoms with Crippen molar-refractivity contribution in [3.05, 3.63) is 102 Å². The topological polar surface area (TPSA) is 66.1 Å². The summed E-state index contributed by atoms with van der Waals surface area (Å²) in [6.45, 7) is 0. The first-order chi connectivity index (χ1) is 15.7. The molecule has 1 heterocycles. The Morgan fingerprint density at radius 3 is 2.06 bits per heavy atom. The highest BCUT2D eigenvalue weighted by Gasteiger charge is 2.10. The molecular weight excluding hydrogens is 420 g/mol. The third kappa shape index (κ3) is 4.19. The van der Waals surface area contributed by atoms with Crippen LogP contribution < -0.4 is 16.0 Å². The molecule has 0 aliphatic rings. The van der Waals surface area contributed by atoms with Gasteiger partial charge in [0, 0.05) is 32.9 Å². The van der Waals surface area contributed by atoms with Gasteiger partial charge in [-0.05, 0) is 60.7 Å². The number of urea groups is 1. The van der Waals surface area contributed by atoms with E-state index in [0.717, 1.165) is 38.9 Å². The molecule has 0 saturated carbocycles. The van der Waals surface area contributed by atoms with Crippen molar-refractivity contribution in [2.24, 2.45) is 0 Å². The summed E-state index contributed by atoms with van der Waals surface area (Å²) in [6.07, 6.45) is 0. The second-order valence-electron chi connectivity index (χ2n) is 7.31. The van der Waals surface area contributed by atoms with Gasteiger partial charge < -0.3 is 16.0 Å². The summed E-state index contributed by atoms with van der Waals surface area (Å²) in [6, 6.07) is 30.2. The second-order valence-corrected chi connectivity index (χ2v) is 7.75. The van der Waals surface area contributed by atoms with Crippen molar-refractivity contribution in [2.45, 2.75) is 0 Å². The average molecular weight is 439 g/mol. The number of fused-ring (bicyclic) bond motifs is 2. The summed E-state index contributed by atoms with van der Waals surface area (Å²) in [5.41, 5.74) is 5.02. The maximum absolute atomic E-state index is 12.2. The molecule has 5 aromatic rings. The lowest BCUT2D eigenvalue weighted by atomic mass is 10.1. The summed E-state index contributed by atoms with van der Waals surface area (Å²) >= 11 is 6.27. The van der Waals surface area contributed by atoms with E-state index in [1.807, 2.05) is 97.1 Å². The molecule has 0 aliphatic carbocycles. The molecule has 0 radical (unpaired) electrons. The molecule has 3 N–H and O–H groups in total. The molecule has 5 nitrogen and oxygen atoms in total. The number of carbonyl (C=O) groups excluding carboxylic acids is 1. The molecule has 0 saturated heterocycles. The predicted molar refractivity (Wildman–Crippen MR) is 133 cm³/mol. The molecule has 0 atom stereocenters. The summed E-state index contributed by atoms with van der Waals surface area (Å²) < 4.78 is 0. The molecule has 5 rings (SSSR count). The number of hydrogen-bond donors (Lipinski definition) is 3. The number of benzene rings is 4. The first-order valence-corrected chi connectivity index (χ1v) is 10.5. The molecule has 32 heavy (non-hydrogen) atoms. The lowest BCUT2D eigenvalue weighted by Crippen LogP contribution is -2.19.